The minimum atomic E-state index is -1.03. The molecule has 4 nitrogen and oxygen atoms in total. The van der Waals surface area contributed by atoms with Crippen molar-refractivity contribution in [3.8, 4) is 0 Å². The molecule has 1 fully saturated rings. The average molecular weight is 355 g/mol. The maximum atomic E-state index is 12.5. The lowest BCUT2D eigenvalue weighted by Crippen LogP contribution is -2.53. The molecule has 0 aromatic heterocycles. The number of benzene rings is 1. The Labute approximate surface area is 134 Å². The van der Waals surface area contributed by atoms with Gasteiger partial charge in [0.1, 0.15) is 5.54 Å². The van der Waals surface area contributed by atoms with E-state index in [1.54, 1.807) is 6.92 Å². The van der Waals surface area contributed by atoms with Crippen LogP contribution >= 0.6 is 15.9 Å². The summed E-state index contributed by atoms with van der Waals surface area (Å²) in [7, 11) is 0. The first-order chi connectivity index (χ1) is 9.91. The molecule has 1 aromatic rings. The van der Waals surface area contributed by atoms with Crippen molar-refractivity contribution < 1.29 is 9.53 Å². The van der Waals surface area contributed by atoms with E-state index in [-0.39, 0.29) is 11.9 Å². The molecule has 1 saturated heterocycles. The lowest BCUT2D eigenvalue weighted by Gasteiger charge is -2.32. The van der Waals surface area contributed by atoms with Crippen LogP contribution in [0.15, 0.2) is 28.7 Å². The third kappa shape index (κ3) is 4.05. The Morgan fingerprint density at radius 1 is 1.38 bits per heavy atom. The van der Waals surface area contributed by atoms with E-state index < -0.39 is 5.54 Å². The summed E-state index contributed by atoms with van der Waals surface area (Å²) in [6.45, 7) is 5.35. The highest BCUT2D eigenvalue weighted by Gasteiger charge is 2.33. The van der Waals surface area contributed by atoms with Gasteiger partial charge in [-0.1, -0.05) is 28.1 Å². The third-order valence-electron chi connectivity index (χ3n) is 4.25. The Bertz CT molecular complexity index is 482. The maximum absolute atomic E-state index is 12.5. The van der Waals surface area contributed by atoms with E-state index in [0.29, 0.717) is 5.92 Å². The third-order valence-corrected chi connectivity index (χ3v) is 4.78. The molecule has 0 saturated carbocycles. The van der Waals surface area contributed by atoms with Crippen molar-refractivity contribution in [2.75, 3.05) is 13.2 Å². The fraction of sp³-hybridized carbons (Fsp3) is 0.562. The molecule has 116 valence electrons. The second-order valence-corrected chi connectivity index (χ2v) is 6.84. The zero-order valence-electron chi connectivity index (χ0n) is 12.6. The number of halogens is 1. The van der Waals surface area contributed by atoms with Gasteiger partial charge in [-0.3, -0.25) is 4.79 Å². The van der Waals surface area contributed by atoms with Gasteiger partial charge in [0, 0.05) is 23.7 Å². The van der Waals surface area contributed by atoms with Gasteiger partial charge < -0.3 is 15.8 Å². The number of ether oxygens (including phenoxy) is 1. The van der Waals surface area contributed by atoms with Crippen LogP contribution in [0.2, 0.25) is 0 Å². The number of amides is 1. The molecule has 1 heterocycles. The van der Waals surface area contributed by atoms with E-state index in [2.05, 4.69) is 21.2 Å². The van der Waals surface area contributed by atoms with Crippen LogP contribution in [-0.4, -0.2) is 25.2 Å². The van der Waals surface area contributed by atoms with Crippen LogP contribution in [0.1, 0.15) is 32.3 Å². The van der Waals surface area contributed by atoms with Gasteiger partial charge in [-0.2, -0.15) is 0 Å². The van der Waals surface area contributed by atoms with E-state index in [9.17, 15) is 4.79 Å². The molecule has 0 bridgehead atoms. The van der Waals surface area contributed by atoms with Crippen LogP contribution in [0, 0.1) is 5.92 Å². The van der Waals surface area contributed by atoms with Gasteiger partial charge in [-0.05, 0) is 50.3 Å². The number of carbonyl (C=O) groups excluding carboxylic acids is 1. The molecule has 3 N–H and O–H groups in total. The van der Waals surface area contributed by atoms with Crippen molar-refractivity contribution in [1.82, 2.24) is 5.32 Å². The average Bonchev–Trinajstić information content (AvgIpc) is 2.48. The largest absolute Gasteiger partial charge is 0.381 e. The van der Waals surface area contributed by atoms with Crippen LogP contribution in [-0.2, 0) is 15.1 Å². The van der Waals surface area contributed by atoms with Crippen LogP contribution in [0.25, 0.3) is 0 Å². The van der Waals surface area contributed by atoms with Crippen molar-refractivity contribution >= 4 is 21.8 Å². The Balaban J connectivity index is 2.02. The minimum absolute atomic E-state index is 0.111. The highest BCUT2D eigenvalue weighted by Crippen LogP contribution is 2.23. The fourth-order valence-corrected chi connectivity index (χ4v) is 2.88. The first-order valence-corrected chi connectivity index (χ1v) is 8.14. The number of nitrogens with two attached hydrogens (primary N) is 1. The van der Waals surface area contributed by atoms with E-state index >= 15 is 0 Å². The standard InChI is InChI=1S/C16H23BrN2O2/c1-11(12-7-9-21-10-8-12)19-15(20)16(2,18)13-3-5-14(17)6-4-13/h3-6,11-12H,7-10,18H2,1-2H3,(H,19,20). The Kier molecular flexibility index (Phi) is 5.41. The number of hydrogen-bond donors (Lipinski definition) is 2. The molecule has 0 spiro atoms. The second-order valence-electron chi connectivity index (χ2n) is 5.92. The van der Waals surface area contributed by atoms with E-state index in [4.69, 9.17) is 10.5 Å². The summed E-state index contributed by atoms with van der Waals surface area (Å²) in [4.78, 5) is 12.5. The summed E-state index contributed by atoms with van der Waals surface area (Å²) in [6.07, 6.45) is 1.97. The Hall–Kier alpha value is -0.910. The fourth-order valence-electron chi connectivity index (χ4n) is 2.62. The van der Waals surface area contributed by atoms with Gasteiger partial charge in [-0.25, -0.2) is 0 Å². The molecule has 1 amide bonds. The second kappa shape index (κ2) is 6.90. The van der Waals surface area contributed by atoms with Crippen molar-refractivity contribution in [3.05, 3.63) is 34.3 Å². The summed E-state index contributed by atoms with van der Waals surface area (Å²) in [5.74, 6) is 0.326. The summed E-state index contributed by atoms with van der Waals surface area (Å²) >= 11 is 3.39. The van der Waals surface area contributed by atoms with Gasteiger partial charge in [0.2, 0.25) is 5.91 Å². The maximum Gasteiger partial charge on any atom is 0.244 e. The van der Waals surface area contributed by atoms with Crippen LogP contribution in [0.3, 0.4) is 0 Å². The predicted molar refractivity (Wildman–Crippen MR) is 86.8 cm³/mol. The molecular formula is C16H23BrN2O2. The minimum Gasteiger partial charge on any atom is -0.381 e. The normalized spacial score (nSPS) is 20.6. The lowest BCUT2D eigenvalue weighted by molar-refractivity contribution is -0.127. The van der Waals surface area contributed by atoms with E-state index in [0.717, 1.165) is 36.1 Å². The predicted octanol–water partition coefficient (Wildman–Crippen LogP) is 2.55. The summed E-state index contributed by atoms with van der Waals surface area (Å²) in [6, 6.07) is 7.66. The molecule has 2 unspecified atom stereocenters. The van der Waals surface area contributed by atoms with Gasteiger partial charge in [0.25, 0.3) is 0 Å². The Morgan fingerprint density at radius 2 is 1.95 bits per heavy atom. The molecule has 0 radical (unpaired) electrons. The SMILES string of the molecule is CC(NC(=O)C(C)(N)c1ccc(Br)cc1)C1CCOCC1. The molecule has 0 aliphatic carbocycles. The smallest absolute Gasteiger partial charge is 0.244 e. The topological polar surface area (TPSA) is 64.4 Å². The summed E-state index contributed by atoms with van der Waals surface area (Å²) in [5, 5.41) is 3.07. The van der Waals surface area contributed by atoms with Crippen molar-refractivity contribution in [1.29, 1.82) is 0 Å². The molecule has 1 aliphatic rings. The van der Waals surface area contributed by atoms with Crippen LogP contribution in [0.4, 0.5) is 0 Å². The zero-order chi connectivity index (χ0) is 15.5. The quantitative estimate of drug-likeness (QED) is 0.873. The first kappa shape index (κ1) is 16.5. The highest BCUT2D eigenvalue weighted by molar-refractivity contribution is 9.10. The molecule has 5 heteroatoms. The van der Waals surface area contributed by atoms with Gasteiger partial charge >= 0.3 is 0 Å². The molecule has 1 aliphatic heterocycles. The van der Waals surface area contributed by atoms with Crippen molar-refractivity contribution in [3.63, 3.8) is 0 Å². The zero-order valence-corrected chi connectivity index (χ0v) is 14.2. The lowest BCUT2D eigenvalue weighted by atomic mass is 9.89. The van der Waals surface area contributed by atoms with Gasteiger partial charge in [-0.15, -0.1) is 0 Å². The van der Waals surface area contributed by atoms with Gasteiger partial charge in [0.15, 0.2) is 0 Å². The van der Waals surface area contributed by atoms with Crippen LogP contribution in [0.5, 0.6) is 0 Å². The summed E-state index contributed by atoms with van der Waals surface area (Å²) < 4.78 is 6.33. The monoisotopic (exact) mass is 354 g/mol. The molecule has 1 aromatic carbocycles. The van der Waals surface area contributed by atoms with E-state index in [1.807, 2.05) is 31.2 Å². The van der Waals surface area contributed by atoms with E-state index in [1.165, 1.54) is 0 Å². The summed E-state index contributed by atoms with van der Waals surface area (Å²) in [5.41, 5.74) is 6.04. The highest BCUT2D eigenvalue weighted by atomic mass is 79.9. The van der Waals surface area contributed by atoms with Gasteiger partial charge in [0.05, 0.1) is 0 Å². The molecule has 21 heavy (non-hydrogen) atoms. The number of rotatable bonds is 4. The molecule has 2 atom stereocenters. The van der Waals surface area contributed by atoms with Crippen molar-refractivity contribution in [2.24, 2.45) is 11.7 Å². The number of carbonyl (C=O) groups is 1. The number of hydrogen-bond acceptors (Lipinski definition) is 3. The molecule has 2 rings (SSSR count). The van der Waals surface area contributed by atoms with Crippen molar-refractivity contribution in [2.45, 2.75) is 38.3 Å². The molecular weight excluding hydrogens is 332 g/mol. The number of nitrogens with one attached hydrogen (secondary N) is 1. The first-order valence-electron chi connectivity index (χ1n) is 7.35. The van der Waals surface area contributed by atoms with Crippen LogP contribution < -0.4 is 11.1 Å². The Morgan fingerprint density at radius 3 is 2.52 bits per heavy atom.